The predicted molar refractivity (Wildman–Crippen MR) is 171 cm³/mol. The molecule has 2 amide bonds. The summed E-state index contributed by atoms with van der Waals surface area (Å²) in [6, 6.07) is 28.2. The lowest BCUT2D eigenvalue weighted by Crippen LogP contribution is -2.40. The summed E-state index contributed by atoms with van der Waals surface area (Å²) in [6.45, 7) is 8.71. The molecule has 0 N–H and O–H groups in total. The van der Waals surface area contributed by atoms with Crippen LogP contribution in [0.15, 0.2) is 90.3 Å². The van der Waals surface area contributed by atoms with Gasteiger partial charge in [0.2, 0.25) is 5.91 Å². The van der Waals surface area contributed by atoms with Crippen molar-refractivity contribution in [2.45, 2.75) is 39.7 Å². The maximum atomic E-state index is 14.0. The molecule has 0 radical (unpaired) electrons. The normalized spacial score (nSPS) is 14.8. The van der Waals surface area contributed by atoms with Crippen molar-refractivity contribution in [3.8, 4) is 0 Å². The summed E-state index contributed by atoms with van der Waals surface area (Å²) >= 11 is 1.53. The lowest BCUT2D eigenvalue weighted by atomic mass is 10.1. The smallest absolute Gasteiger partial charge is 0.273 e. The lowest BCUT2D eigenvalue weighted by molar-refractivity contribution is -0.118. The first kappa shape index (κ1) is 29.7. The minimum absolute atomic E-state index is 0.0636. The largest absolute Gasteiger partial charge is 0.332 e. The molecule has 7 heteroatoms. The highest BCUT2D eigenvalue weighted by Crippen LogP contribution is 2.26. The Kier molecular flexibility index (Phi) is 10.2. The van der Waals surface area contributed by atoms with Gasteiger partial charge in [-0.1, -0.05) is 92.7 Å². The van der Waals surface area contributed by atoms with Crippen LogP contribution in [0.1, 0.15) is 52.5 Å². The van der Waals surface area contributed by atoms with Gasteiger partial charge in [-0.15, -0.1) is 11.3 Å². The molecule has 1 aliphatic rings. The quantitative estimate of drug-likeness (QED) is 0.257. The van der Waals surface area contributed by atoms with Gasteiger partial charge in [0.15, 0.2) is 0 Å². The Morgan fingerprint density at radius 3 is 2.26 bits per heavy atom. The zero-order valence-electron chi connectivity index (χ0n) is 24.6. The molecular weight excluding hydrogens is 540 g/mol. The molecule has 0 saturated carbocycles. The molecule has 1 aliphatic heterocycles. The van der Waals surface area contributed by atoms with E-state index in [9.17, 15) is 9.59 Å². The Balaban J connectivity index is 1.42. The van der Waals surface area contributed by atoms with E-state index in [0.717, 1.165) is 47.9 Å². The number of para-hydroxylation sites is 1. The van der Waals surface area contributed by atoms with Gasteiger partial charge in [0.1, 0.15) is 5.69 Å². The number of carbonyl (C=O) groups excluding carboxylic acids is 2. The summed E-state index contributed by atoms with van der Waals surface area (Å²) < 4.78 is 0. The second kappa shape index (κ2) is 14.4. The van der Waals surface area contributed by atoms with E-state index < -0.39 is 0 Å². The van der Waals surface area contributed by atoms with Crippen LogP contribution >= 0.6 is 11.3 Å². The van der Waals surface area contributed by atoms with E-state index in [1.54, 1.807) is 0 Å². The number of amides is 2. The molecule has 3 aromatic carbocycles. The van der Waals surface area contributed by atoms with Gasteiger partial charge in [-0.25, -0.2) is 4.98 Å². The molecule has 0 spiro atoms. The molecule has 218 valence electrons. The molecule has 42 heavy (non-hydrogen) atoms. The highest BCUT2D eigenvalue weighted by Gasteiger charge is 2.25. The third-order valence-corrected chi connectivity index (χ3v) is 8.41. The summed E-state index contributed by atoms with van der Waals surface area (Å²) in [5.74, 6) is 0.517. The van der Waals surface area contributed by atoms with Crippen molar-refractivity contribution in [3.05, 3.63) is 118 Å². The second-order valence-corrected chi connectivity index (χ2v) is 12.3. The number of benzene rings is 3. The van der Waals surface area contributed by atoms with Crippen molar-refractivity contribution in [2.75, 3.05) is 37.6 Å². The van der Waals surface area contributed by atoms with Crippen molar-refractivity contribution in [3.63, 3.8) is 0 Å². The lowest BCUT2D eigenvalue weighted by Gasteiger charge is -2.28. The first-order chi connectivity index (χ1) is 20.5. The van der Waals surface area contributed by atoms with Crippen molar-refractivity contribution in [2.24, 2.45) is 5.92 Å². The van der Waals surface area contributed by atoms with E-state index in [4.69, 9.17) is 4.98 Å². The predicted octanol–water partition coefficient (Wildman–Crippen LogP) is 6.31. The molecule has 1 aromatic heterocycles. The van der Waals surface area contributed by atoms with Crippen molar-refractivity contribution >= 4 is 28.8 Å². The molecule has 0 fully saturated rings. The first-order valence-corrected chi connectivity index (χ1v) is 15.8. The monoisotopic (exact) mass is 580 g/mol. The molecule has 6 nitrogen and oxygen atoms in total. The van der Waals surface area contributed by atoms with E-state index in [1.165, 1.54) is 16.9 Å². The number of rotatable bonds is 7. The van der Waals surface area contributed by atoms with E-state index in [2.05, 4.69) is 30.9 Å². The van der Waals surface area contributed by atoms with Crippen LogP contribution in [0.2, 0.25) is 0 Å². The number of aromatic nitrogens is 1. The van der Waals surface area contributed by atoms with Crippen molar-refractivity contribution in [1.29, 1.82) is 0 Å². The third kappa shape index (κ3) is 7.93. The summed E-state index contributed by atoms with van der Waals surface area (Å²) in [5, 5.41) is 2.82. The van der Waals surface area contributed by atoms with E-state index in [1.807, 2.05) is 88.0 Å². The fraction of sp³-hybridized carbons (Fsp3) is 0.343. The minimum Gasteiger partial charge on any atom is -0.332 e. The van der Waals surface area contributed by atoms with Gasteiger partial charge in [0.05, 0.1) is 11.4 Å². The van der Waals surface area contributed by atoms with Gasteiger partial charge < -0.3 is 14.7 Å². The van der Waals surface area contributed by atoms with Crippen molar-refractivity contribution in [1.82, 2.24) is 14.8 Å². The van der Waals surface area contributed by atoms with E-state index >= 15 is 0 Å². The number of carbonyl (C=O) groups is 2. The number of anilines is 1. The van der Waals surface area contributed by atoms with Crippen LogP contribution in [0.3, 0.4) is 0 Å². The zero-order valence-corrected chi connectivity index (χ0v) is 25.4. The van der Waals surface area contributed by atoms with Crippen LogP contribution in [0, 0.1) is 5.92 Å². The molecule has 5 rings (SSSR count). The van der Waals surface area contributed by atoms with Crippen LogP contribution in [0.25, 0.3) is 0 Å². The molecule has 4 aromatic rings. The molecule has 0 unspecified atom stereocenters. The molecule has 0 aliphatic carbocycles. The molecule has 2 heterocycles. The summed E-state index contributed by atoms with van der Waals surface area (Å²) in [7, 11) is 0. The number of nitrogens with zero attached hydrogens (tertiary/aromatic N) is 4. The molecular formula is C35H40N4O2S. The fourth-order valence-corrected chi connectivity index (χ4v) is 6.36. The number of hydrogen-bond donors (Lipinski definition) is 0. The van der Waals surface area contributed by atoms with Crippen LogP contribution in [0.4, 0.5) is 5.69 Å². The van der Waals surface area contributed by atoms with Gasteiger partial charge in [0, 0.05) is 50.2 Å². The maximum absolute atomic E-state index is 14.0. The molecule has 0 atom stereocenters. The highest BCUT2D eigenvalue weighted by molar-refractivity contribution is 7.09. The average Bonchev–Trinajstić information content (AvgIpc) is 3.45. The van der Waals surface area contributed by atoms with Crippen molar-refractivity contribution < 1.29 is 9.59 Å². The number of thiazole rings is 1. The Morgan fingerprint density at radius 2 is 1.52 bits per heavy atom. The van der Waals surface area contributed by atoms with E-state index in [0.29, 0.717) is 44.1 Å². The van der Waals surface area contributed by atoms with Crippen LogP contribution < -0.4 is 4.90 Å². The standard InChI is InChI=1S/C35H40N4O2S/c1-27(2)24-37-18-11-19-39(34(40)23-29-14-7-4-8-15-29)32-17-10-9-16-30(32)25-38(21-20-37)35(41)31-26-42-33(36-31)22-28-12-5-3-6-13-28/h3-10,12-17,26-27H,11,18-25H2,1-2H3. The Hall–Kier alpha value is -3.81. The molecule has 0 bridgehead atoms. The first-order valence-electron chi connectivity index (χ1n) is 14.9. The van der Waals surface area contributed by atoms with Crippen LogP contribution in [0.5, 0.6) is 0 Å². The average molecular weight is 581 g/mol. The minimum atomic E-state index is -0.0636. The highest BCUT2D eigenvalue weighted by atomic mass is 32.1. The molecule has 0 saturated heterocycles. The number of fused-ring (bicyclic) bond motifs is 1. The Labute approximate surface area is 253 Å². The fourth-order valence-electron chi connectivity index (χ4n) is 5.56. The van der Waals surface area contributed by atoms with Crippen LogP contribution in [-0.4, -0.2) is 59.3 Å². The maximum Gasteiger partial charge on any atom is 0.273 e. The van der Waals surface area contributed by atoms with Gasteiger partial charge in [0.25, 0.3) is 5.91 Å². The summed E-state index contributed by atoms with van der Waals surface area (Å²) in [4.78, 5) is 38.8. The second-order valence-electron chi connectivity index (χ2n) is 11.4. The van der Waals surface area contributed by atoms with Gasteiger partial charge >= 0.3 is 0 Å². The third-order valence-electron chi connectivity index (χ3n) is 7.56. The summed E-state index contributed by atoms with van der Waals surface area (Å²) in [6.07, 6.45) is 1.92. The topological polar surface area (TPSA) is 56.8 Å². The SMILES string of the molecule is CC(C)CN1CCCN(C(=O)Cc2ccccc2)c2ccccc2CN(C(=O)c2csc(Cc3ccccc3)n2)CC1. The Morgan fingerprint density at radius 1 is 0.833 bits per heavy atom. The van der Waals surface area contributed by atoms with Gasteiger partial charge in [-0.3, -0.25) is 9.59 Å². The zero-order chi connectivity index (χ0) is 29.3. The van der Waals surface area contributed by atoms with Gasteiger partial charge in [-0.2, -0.15) is 0 Å². The number of hydrogen-bond acceptors (Lipinski definition) is 5. The summed E-state index contributed by atoms with van der Waals surface area (Å²) in [5.41, 5.74) is 4.54. The van der Waals surface area contributed by atoms with Gasteiger partial charge in [-0.05, 0) is 41.6 Å². The van der Waals surface area contributed by atoms with E-state index in [-0.39, 0.29) is 11.8 Å². The van der Waals surface area contributed by atoms with Crippen LogP contribution in [-0.2, 0) is 24.2 Å². The Bertz CT molecular complexity index is 1450.